The van der Waals surface area contributed by atoms with E-state index in [9.17, 15) is 24.0 Å². The van der Waals surface area contributed by atoms with E-state index in [1.807, 2.05) is 39.8 Å². The summed E-state index contributed by atoms with van der Waals surface area (Å²) in [5.41, 5.74) is 0.0972. The van der Waals surface area contributed by atoms with E-state index in [-0.39, 0.29) is 35.7 Å². The number of methoxy groups -OCH3 is 1. The molecular weight excluding hydrogens is 570 g/mol. The van der Waals surface area contributed by atoms with Crippen molar-refractivity contribution in [1.82, 2.24) is 16.0 Å². The Labute approximate surface area is 261 Å². The normalized spacial score (nSPS) is 14.3. The van der Waals surface area contributed by atoms with E-state index in [4.69, 9.17) is 9.47 Å². The zero-order chi connectivity index (χ0) is 32.9. The summed E-state index contributed by atoms with van der Waals surface area (Å²) in [6.07, 6.45) is 0.825. The number of benzene rings is 1. The van der Waals surface area contributed by atoms with Gasteiger partial charge in [-0.2, -0.15) is 0 Å². The van der Waals surface area contributed by atoms with Crippen LogP contribution in [0.1, 0.15) is 80.2 Å². The van der Waals surface area contributed by atoms with Gasteiger partial charge < -0.3 is 25.4 Å². The molecule has 43 heavy (non-hydrogen) atoms. The van der Waals surface area contributed by atoms with Crippen LogP contribution in [0.4, 0.5) is 0 Å². The van der Waals surface area contributed by atoms with Gasteiger partial charge in [-0.3, -0.25) is 19.2 Å². The fourth-order valence-corrected chi connectivity index (χ4v) is 5.63. The molecule has 0 fully saturated rings. The smallest absolute Gasteiger partial charge is 0.329 e. The van der Waals surface area contributed by atoms with Crippen molar-refractivity contribution in [2.45, 2.75) is 104 Å². The fraction of sp³-hybridized carbons (Fsp3) is 0.656. The third-order valence-corrected chi connectivity index (χ3v) is 7.56. The maximum absolute atomic E-state index is 13.8. The van der Waals surface area contributed by atoms with Gasteiger partial charge in [0.25, 0.3) is 0 Å². The Kier molecular flexibility index (Phi) is 15.8. The van der Waals surface area contributed by atoms with Crippen LogP contribution in [0.15, 0.2) is 24.3 Å². The second-order valence-corrected chi connectivity index (χ2v) is 14.0. The molecule has 0 saturated carbocycles. The Morgan fingerprint density at radius 1 is 0.860 bits per heavy atom. The van der Waals surface area contributed by atoms with Crippen LogP contribution in [0, 0.1) is 17.8 Å². The van der Waals surface area contributed by atoms with Crippen molar-refractivity contribution in [3.05, 3.63) is 29.8 Å². The zero-order valence-electron chi connectivity index (χ0n) is 27.4. The molecule has 242 valence electrons. The van der Waals surface area contributed by atoms with Crippen molar-refractivity contribution >= 4 is 40.6 Å². The number of carbonyl (C=O) groups is 5. The Bertz CT molecular complexity index is 1080. The number of esters is 1. The summed E-state index contributed by atoms with van der Waals surface area (Å²) >= 11 is 0.924. The van der Waals surface area contributed by atoms with Gasteiger partial charge in [-0.25, -0.2) is 4.79 Å². The van der Waals surface area contributed by atoms with E-state index in [1.165, 1.54) is 14.0 Å². The van der Waals surface area contributed by atoms with Crippen molar-refractivity contribution in [2.24, 2.45) is 17.8 Å². The van der Waals surface area contributed by atoms with Crippen LogP contribution >= 0.6 is 11.8 Å². The van der Waals surface area contributed by atoms with Gasteiger partial charge in [0.15, 0.2) is 5.12 Å². The first kappa shape index (κ1) is 37.9. The minimum atomic E-state index is -0.875. The van der Waals surface area contributed by atoms with E-state index >= 15 is 0 Å². The van der Waals surface area contributed by atoms with E-state index < -0.39 is 46.6 Å². The molecule has 2 unspecified atom stereocenters. The molecule has 0 saturated heterocycles. The third kappa shape index (κ3) is 14.8. The van der Waals surface area contributed by atoms with Gasteiger partial charge in [-0.15, -0.1) is 0 Å². The summed E-state index contributed by atoms with van der Waals surface area (Å²) in [4.78, 5) is 65.1. The van der Waals surface area contributed by atoms with Crippen LogP contribution in [-0.2, 0) is 35.1 Å². The average Bonchev–Trinajstić information content (AvgIpc) is 2.88. The molecule has 3 N–H and O–H groups in total. The number of carbonyl (C=O) groups excluding carboxylic acids is 5. The molecule has 4 atom stereocenters. The Balaban J connectivity index is 3.25. The van der Waals surface area contributed by atoms with Gasteiger partial charge in [-0.05, 0) is 63.1 Å². The van der Waals surface area contributed by atoms with Crippen molar-refractivity contribution in [3.8, 4) is 5.75 Å². The van der Waals surface area contributed by atoms with Gasteiger partial charge >= 0.3 is 5.97 Å². The van der Waals surface area contributed by atoms with Gasteiger partial charge in [0, 0.05) is 32.1 Å². The summed E-state index contributed by atoms with van der Waals surface area (Å²) in [6, 6.07) is 5.46. The second kappa shape index (κ2) is 17.9. The number of likely N-dealkylation sites (N-methyl/N-ethyl adjacent to an activating group) is 1. The second-order valence-electron chi connectivity index (χ2n) is 12.6. The lowest BCUT2D eigenvalue weighted by atomic mass is 9.90. The monoisotopic (exact) mass is 621 g/mol. The summed E-state index contributed by atoms with van der Waals surface area (Å²) in [6.45, 7) is 14.4. The Hall–Kier alpha value is -3.08. The molecule has 10 nitrogen and oxygen atoms in total. The predicted octanol–water partition coefficient (Wildman–Crippen LogP) is 4.04. The van der Waals surface area contributed by atoms with E-state index in [2.05, 4.69) is 16.0 Å². The summed E-state index contributed by atoms with van der Waals surface area (Å²) < 4.78 is 10.7. The van der Waals surface area contributed by atoms with Crippen molar-refractivity contribution in [1.29, 1.82) is 0 Å². The number of nitrogens with one attached hydrogen (secondary N) is 3. The highest BCUT2D eigenvalue weighted by molar-refractivity contribution is 8.14. The molecule has 0 heterocycles. The Morgan fingerprint density at radius 3 is 1.91 bits per heavy atom. The number of hydrogen-bond donors (Lipinski definition) is 3. The molecule has 0 aromatic heterocycles. The highest BCUT2D eigenvalue weighted by Gasteiger charge is 2.36. The van der Waals surface area contributed by atoms with Crippen molar-refractivity contribution in [3.63, 3.8) is 0 Å². The highest BCUT2D eigenvalue weighted by Crippen LogP contribution is 2.30. The SMILES string of the molecule is CNC(=O)[C@H](Cc1ccc(OC)cc1)NC(=O)C(CC(C)C)C(CC(=O)N[C@H](CC(C)C)C(=O)OC(C)(C)C)SC(C)=O. The van der Waals surface area contributed by atoms with Crippen LogP contribution in [0.5, 0.6) is 5.75 Å². The topological polar surface area (TPSA) is 140 Å². The fourth-order valence-electron chi connectivity index (χ4n) is 4.57. The lowest BCUT2D eigenvalue weighted by Crippen LogP contribution is -2.51. The molecule has 1 aromatic rings. The highest BCUT2D eigenvalue weighted by atomic mass is 32.2. The minimum absolute atomic E-state index is 0.0596. The number of thioether (sulfide) groups is 1. The van der Waals surface area contributed by atoms with Gasteiger partial charge in [0.2, 0.25) is 17.7 Å². The quantitative estimate of drug-likeness (QED) is 0.235. The maximum Gasteiger partial charge on any atom is 0.329 e. The lowest BCUT2D eigenvalue weighted by molar-refractivity contribution is -0.159. The van der Waals surface area contributed by atoms with Crippen LogP contribution in [-0.4, -0.2) is 65.9 Å². The van der Waals surface area contributed by atoms with E-state index in [0.717, 1.165) is 17.3 Å². The molecular formula is C32H51N3O7S. The third-order valence-electron chi connectivity index (χ3n) is 6.43. The van der Waals surface area contributed by atoms with Gasteiger partial charge in [0.05, 0.1) is 13.0 Å². The summed E-state index contributed by atoms with van der Waals surface area (Å²) in [7, 11) is 3.06. The first-order valence-electron chi connectivity index (χ1n) is 14.8. The lowest BCUT2D eigenvalue weighted by Gasteiger charge is -2.29. The van der Waals surface area contributed by atoms with Crippen molar-refractivity contribution < 1.29 is 33.4 Å². The number of amides is 3. The van der Waals surface area contributed by atoms with Gasteiger partial charge in [-0.1, -0.05) is 51.6 Å². The number of hydrogen-bond acceptors (Lipinski definition) is 8. The van der Waals surface area contributed by atoms with Gasteiger partial charge in [0.1, 0.15) is 23.4 Å². The van der Waals surface area contributed by atoms with E-state index in [0.29, 0.717) is 18.6 Å². The molecule has 0 bridgehead atoms. The average molecular weight is 622 g/mol. The largest absolute Gasteiger partial charge is 0.497 e. The molecule has 1 rings (SSSR count). The van der Waals surface area contributed by atoms with Crippen LogP contribution in [0.2, 0.25) is 0 Å². The van der Waals surface area contributed by atoms with Crippen molar-refractivity contribution in [2.75, 3.05) is 14.2 Å². The van der Waals surface area contributed by atoms with Crippen LogP contribution in [0.25, 0.3) is 0 Å². The predicted molar refractivity (Wildman–Crippen MR) is 170 cm³/mol. The maximum atomic E-state index is 13.8. The molecule has 0 spiro atoms. The molecule has 3 amide bonds. The first-order valence-corrected chi connectivity index (χ1v) is 15.7. The summed E-state index contributed by atoms with van der Waals surface area (Å²) in [5.74, 6) is -1.70. The molecule has 1 aromatic carbocycles. The zero-order valence-corrected chi connectivity index (χ0v) is 28.2. The molecule has 11 heteroatoms. The van der Waals surface area contributed by atoms with E-state index in [1.54, 1.807) is 40.0 Å². The molecule has 0 aliphatic rings. The van der Waals surface area contributed by atoms with Crippen LogP contribution in [0.3, 0.4) is 0 Å². The standard InChI is InChI=1S/C32H51N3O7S/c1-19(2)15-24(29(38)35-25(30(39)33-9)17-22-11-13-23(41-10)14-12-22)27(43-21(5)36)18-28(37)34-26(16-20(3)4)31(40)42-32(6,7)8/h11-14,19-20,24-27H,15-18H2,1-10H3,(H,33,39)(H,34,37)(H,35,38)/t24?,25-,26+,27?/m0/s1. The molecule has 0 radical (unpaired) electrons. The van der Waals surface area contributed by atoms with Crippen LogP contribution < -0.4 is 20.7 Å². The summed E-state index contributed by atoms with van der Waals surface area (Å²) in [5, 5.41) is 7.31. The molecule has 0 aliphatic carbocycles. The molecule has 0 aliphatic heterocycles. The first-order chi connectivity index (χ1) is 19.9. The number of rotatable bonds is 16. The number of ether oxygens (including phenoxy) is 2. The Morgan fingerprint density at radius 2 is 1.44 bits per heavy atom. The minimum Gasteiger partial charge on any atom is -0.497 e.